The molecule has 0 atom stereocenters. The lowest BCUT2D eigenvalue weighted by molar-refractivity contribution is -0.131. The minimum absolute atomic E-state index is 0.300. The molecule has 0 unspecified atom stereocenters. The van der Waals surface area contributed by atoms with Crippen LogP contribution in [0.5, 0.6) is 5.75 Å². The third kappa shape index (κ3) is 2.17. The highest BCUT2D eigenvalue weighted by Gasteiger charge is 2.19. The fourth-order valence-electron chi connectivity index (χ4n) is 2.05. The quantitative estimate of drug-likeness (QED) is 0.491. The van der Waals surface area contributed by atoms with Gasteiger partial charge in [-0.15, -0.1) is 0 Å². The summed E-state index contributed by atoms with van der Waals surface area (Å²) in [7, 11) is 0. The zero-order valence-electron chi connectivity index (χ0n) is 10.1. The van der Waals surface area contributed by atoms with Gasteiger partial charge in [-0.05, 0) is 46.2 Å². The number of hydrogen-bond donors (Lipinski definition) is 0. The average Bonchev–Trinajstić information content (AvgIpc) is 2.97. The van der Waals surface area contributed by atoms with E-state index < -0.39 is 0 Å². The van der Waals surface area contributed by atoms with Crippen LogP contribution in [0.1, 0.15) is 6.92 Å². The minimum atomic E-state index is -0.300. The number of aromatic nitrogens is 1. The van der Waals surface area contributed by atoms with Gasteiger partial charge in [0.25, 0.3) is 0 Å². The zero-order chi connectivity index (χ0) is 13.4. The van der Waals surface area contributed by atoms with E-state index in [-0.39, 0.29) is 5.97 Å². The number of esters is 1. The van der Waals surface area contributed by atoms with Crippen molar-refractivity contribution < 1.29 is 9.53 Å². The maximum Gasteiger partial charge on any atom is 0.308 e. The molecular formula is C14H10INO2S. The molecule has 3 aromatic rings. The molecule has 0 aromatic carbocycles. The van der Waals surface area contributed by atoms with Crippen LogP contribution in [0.25, 0.3) is 16.8 Å². The molecule has 0 saturated carbocycles. The first-order valence-electron chi connectivity index (χ1n) is 5.68. The molecule has 0 fully saturated rings. The van der Waals surface area contributed by atoms with E-state index >= 15 is 0 Å². The SMILES string of the molecule is CC(=O)Oc1c(I)c(-c2ccsc2)n2ccccc12. The summed E-state index contributed by atoms with van der Waals surface area (Å²) in [6.45, 7) is 1.42. The highest BCUT2D eigenvalue weighted by Crippen LogP contribution is 2.38. The van der Waals surface area contributed by atoms with Crippen molar-refractivity contribution in [2.24, 2.45) is 0 Å². The second-order valence-electron chi connectivity index (χ2n) is 4.05. The van der Waals surface area contributed by atoms with Crippen molar-refractivity contribution in [3.63, 3.8) is 0 Å². The van der Waals surface area contributed by atoms with Crippen LogP contribution >= 0.6 is 33.9 Å². The van der Waals surface area contributed by atoms with Crippen LogP contribution in [-0.4, -0.2) is 10.4 Å². The monoisotopic (exact) mass is 383 g/mol. The fourth-order valence-corrected chi connectivity index (χ4v) is 3.65. The fraction of sp³-hybridized carbons (Fsp3) is 0.0714. The van der Waals surface area contributed by atoms with E-state index in [1.54, 1.807) is 11.3 Å². The molecule has 0 bridgehead atoms. The zero-order valence-corrected chi connectivity index (χ0v) is 13.1. The van der Waals surface area contributed by atoms with Crippen LogP contribution in [0.3, 0.4) is 0 Å². The van der Waals surface area contributed by atoms with Gasteiger partial charge < -0.3 is 9.14 Å². The summed E-state index contributed by atoms with van der Waals surface area (Å²) >= 11 is 3.89. The summed E-state index contributed by atoms with van der Waals surface area (Å²) in [5.41, 5.74) is 3.10. The van der Waals surface area contributed by atoms with Crippen molar-refractivity contribution in [2.75, 3.05) is 0 Å². The molecule has 0 amide bonds. The summed E-state index contributed by atoms with van der Waals surface area (Å²) in [4.78, 5) is 11.3. The lowest BCUT2D eigenvalue weighted by atomic mass is 10.2. The van der Waals surface area contributed by atoms with Gasteiger partial charge in [0.15, 0.2) is 5.75 Å². The summed E-state index contributed by atoms with van der Waals surface area (Å²) < 4.78 is 8.39. The van der Waals surface area contributed by atoms with Crippen LogP contribution in [0.2, 0.25) is 0 Å². The molecule has 3 heterocycles. The lowest BCUT2D eigenvalue weighted by Crippen LogP contribution is -2.01. The molecule has 0 aliphatic heterocycles. The molecule has 3 aromatic heterocycles. The molecular weight excluding hydrogens is 373 g/mol. The van der Waals surface area contributed by atoms with Crippen molar-refractivity contribution in [1.29, 1.82) is 0 Å². The Morgan fingerprint density at radius 1 is 1.37 bits per heavy atom. The largest absolute Gasteiger partial charge is 0.423 e. The molecule has 0 radical (unpaired) electrons. The Labute approximate surface area is 128 Å². The van der Waals surface area contributed by atoms with Gasteiger partial charge in [-0.1, -0.05) is 6.07 Å². The highest BCUT2D eigenvalue weighted by atomic mass is 127. The Bertz CT molecular complexity index is 746. The van der Waals surface area contributed by atoms with Gasteiger partial charge in [-0.25, -0.2) is 0 Å². The van der Waals surface area contributed by atoms with Gasteiger partial charge in [-0.2, -0.15) is 11.3 Å². The number of hydrogen-bond acceptors (Lipinski definition) is 3. The van der Waals surface area contributed by atoms with Gasteiger partial charge in [-0.3, -0.25) is 4.79 Å². The topological polar surface area (TPSA) is 30.7 Å². The number of carbonyl (C=O) groups excluding carboxylic acids is 1. The van der Waals surface area contributed by atoms with Crippen LogP contribution in [0.4, 0.5) is 0 Å². The van der Waals surface area contributed by atoms with Crippen LogP contribution in [-0.2, 0) is 4.79 Å². The number of halogens is 1. The molecule has 0 aliphatic rings. The number of rotatable bonds is 2. The van der Waals surface area contributed by atoms with E-state index in [0.29, 0.717) is 5.75 Å². The van der Waals surface area contributed by atoms with Crippen molar-refractivity contribution >= 4 is 45.4 Å². The van der Waals surface area contributed by atoms with Crippen LogP contribution in [0.15, 0.2) is 41.2 Å². The number of thiophene rings is 1. The summed E-state index contributed by atoms with van der Waals surface area (Å²) in [5.74, 6) is 0.334. The second kappa shape index (κ2) is 4.97. The van der Waals surface area contributed by atoms with Crippen LogP contribution in [0, 0.1) is 3.57 Å². The number of pyridine rings is 1. The Morgan fingerprint density at radius 3 is 2.89 bits per heavy atom. The standard InChI is InChI=1S/C14H10INO2S/c1-9(17)18-14-11-4-2-3-6-16(11)13(12(14)15)10-5-7-19-8-10/h2-8H,1H3. The maximum atomic E-state index is 11.3. The normalized spacial score (nSPS) is 10.8. The molecule has 0 saturated heterocycles. The van der Waals surface area contributed by atoms with Crippen molar-refractivity contribution in [3.05, 3.63) is 44.8 Å². The molecule has 3 nitrogen and oxygen atoms in total. The molecule has 19 heavy (non-hydrogen) atoms. The predicted octanol–water partition coefficient (Wildman–Crippen LogP) is 4.20. The number of nitrogens with zero attached hydrogens (tertiary/aromatic N) is 1. The first-order chi connectivity index (χ1) is 9.18. The van der Waals surface area contributed by atoms with E-state index in [1.165, 1.54) is 6.92 Å². The second-order valence-corrected chi connectivity index (χ2v) is 5.91. The highest BCUT2D eigenvalue weighted by molar-refractivity contribution is 14.1. The van der Waals surface area contributed by atoms with Gasteiger partial charge in [0.1, 0.15) is 0 Å². The minimum Gasteiger partial charge on any atom is -0.423 e. The summed E-state index contributed by atoms with van der Waals surface area (Å²) in [5, 5.41) is 4.13. The Hall–Kier alpha value is -1.34. The van der Waals surface area contributed by atoms with Gasteiger partial charge >= 0.3 is 5.97 Å². The maximum absolute atomic E-state index is 11.3. The molecule has 0 spiro atoms. The van der Waals surface area contributed by atoms with E-state index in [9.17, 15) is 4.79 Å². The Morgan fingerprint density at radius 2 is 2.21 bits per heavy atom. The van der Waals surface area contributed by atoms with E-state index in [1.807, 2.05) is 29.8 Å². The van der Waals surface area contributed by atoms with Gasteiger partial charge in [0.05, 0.1) is 14.8 Å². The van der Waals surface area contributed by atoms with Crippen molar-refractivity contribution in [1.82, 2.24) is 4.40 Å². The first kappa shape index (κ1) is 12.7. The number of ether oxygens (including phenoxy) is 1. The van der Waals surface area contributed by atoms with Crippen molar-refractivity contribution in [2.45, 2.75) is 6.92 Å². The molecule has 96 valence electrons. The van der Waals surface area contributed by atoms with E-state index in [2.05, 4.69) is 38.4 Å². The molecule has 3 rings (SSSR count). The molecule has 0 aliphatic carbocycles. The van der Waals surface area contributed by atoms with Gasteiger partial charge in [0.2, 0.25) is 0 Å². The predicted molar refractivity (Wildman–Crippen MR) is 84.7 cm³/mol. The van der Waals surface area contributed by atoms with Gasteiger partial charge in [0, 0.05) is 24.1 Å². The Kier molecular flexibility index (Phi) is 3.32. The Balaban J connectivity index is 2.33. The molecule has 0 N–H and O–H groups in total. The summed E-state index contributed by atoms with van der Waals surface area (Å²) in [6, 6.07) is 7.93. The number of carbonyl (C=O) groups is 1. The third-order valence-electron chi connectivity index (χ3n) is 2.78. The number of fused-ring (bicyclic) bond motifs is 1. The molecule has 5 heteroatoms. The van der Waals surface area contributed by atoms with Crippen molar-refractivity contribution in [3.8, 4) is 17.0 Å². The lowest BCUT2D eigenvalue weighted by Gasteiger charge is -1.99. The smallest absolute Gasteiger partial charge is 0.308 e. The summed E-state index contributed by atoms with van der Waals surface area (Å²) in [6.07, 6.45) is 1.98. The average molecular weight is 383 g/mol. The van der Waals surface area contributed by atoms with E-state index in [0.717, 1.165) is 20.3 Å². The van der Waals surface area contributed by atoms with E-state index in [4.69, 9.17) is 4.74 Å². The van der Waals surface area contributed by atoms with Crippen LogP contribution < -0.4 is 4.74 Å². The first-order valence-corrected chi connectivity index (χ1v) is 7.70. The third-order valence-corrected chi connectivity index (χ3v) is 4.47.